The van der Waals surface area contributed by atoms with Gasteiger partial charge in [-0.1, -0.05) is 41.4 Å². The standard InChI is InChI=1S/C16H26BrNO/c1-3-4-15(9-10-19)12-18-13(2)11-14-5-7-16(17)8-6-14/h5-8,13,15,18-19H,3-4,9-12H2,1-2H3. The van der Waals surface area contributed by atoms with Crippen LogP contribution in [0, 0.1) is 5.92 Å². The van der Waals surface area contributed by atoms with Crippen LogP contribution in [0.3, 0.4) is 0 Å². The molecule has 2 N–H and O–H groups in total. The second kappa shape index (κ2) is 9.51. The van der Waals surface area contributed by atoms with E-state index in [9.17, 15) is 0 Å². The van der Waals surface area contributed by atoms with Crippen molar-refractivity contribution in [1.82, 2.24) is 5.32 Å². The molecular formula is C16H26BrNO. The lowest BCUT2D eigenvalue weighted by atomic mass is 9.99. The molecule has 0 fully saturated rings. The molecule has 0 saturated carbocycles. The van der Waals surface area contributed by atoms with Crippen molar-refractivity contribution in [2.75, 3.05) is 13.2 Å². The summed E-state index contributed by atoms with van der Waals surface area (Å²) in [6.45, 7) is 5.74. The van der Waals surface area contributed by atoms with E-state index in [0.29, 0.717) is 18.6 Å². The van der Waals surface area contributed by atoms with Gasteiger partial charge in [-0.3, -0.25) is 0 Å². The van der Waals surface area contributed by atoms with E-state index in [4.69, 9.17) is 5.11 Å². The number of rotatable bonds is 9. The van der Waals surface area contributed by atoms with Crippen LogP contribution >= 0.6 is 15.9 Å². The van der Waals surface area contributed by atoms with Gasteiger partial charge in [0.2, 0.25) is 0 Å². The largest absolute Gasteiger partial charge is 0.396 e. The SMILES string of the molecule is CCCC(CCO)CNC(C)Cc1ccc(Br)cc1. The first kappa shape index (κ1) is 16.7. The monoisotopic (exact) mass is 327 g/mol. The van der Waals surface area contributed by atoms with Crippen LogP contribution in [-0.4, -0.2) is 24.3 Å². The third kappa shape index (κ3) is 7.09. The normalized spacial score (nSPS) is 14.3. The van der Waals surface area contributed by atoms with E-state index < -0.39 is 0 Å². The third-order valence-electron chi connectivity index (χ3n) is 3.44. The Bertz CT molecular complexity index is 333. The summed E-state index contributed by atoms with van der Waals surface area (Å²) in [6, 6.07) is 8.99. The second-order valence-corrected chi connectivity index (χ2v) is 6.22. The summed E-state index contributed by atoms with van der Waals surface area (Å²) in [7, 11) is 0. The molecule has 0 saturated heterocycles. The van der Waals surface area contributed by atoms with Crippen molar-refractivity contribution in [3.05, 3.63) is 34.3 Å². The van der Waals surface area contributed by atoms with Crippen molar-refractivity contribution in [3.8, 4) is 0 Å². The number of hydrogen-bond donors (Lipinski definition) is 2. The van der Waals surface area contributed by atoms with E-state index in [-0.39, 0.29) is 0 Å². The Hall–Kier alpha value is -0.380. The van der Waals surface area contributed by atoms with E-state index in [0.717, 1.165) is 23.9 Å². The highest BCUT2D eigenvalue weighted by molar-refractivity contribution is 9.10. The molecule has 19 heavy (non-hydrogen) atoms. The van der Waals surface area contributed by atoms with E-state index in [1.807, 2.05) is 0 Å². The number of benzene rings is 1. The minimum Gasteiger partial charge on any atom is -0.396 e. The zero-order chi connectivity index (χ0) is 14.1. The predicted molar refractivity (Wildman–Crippen MR) is 85.4 cm³/mol. The molecule has 0 aliphatic rings. The topological polar surface area (TPSA) is 32.3 Å². The highest BCUT2D eigenvalue weighted by atomic mass is 79.9. The van der Waals surface area contributed by atoms with Gasteiger partial charge in [0.1, 0.15) is 0 Å². The van der Waals surface area contributed by atoms with Gasteiger partial charge in [-0.05, 0) is 56.3 Å². The molecule has 1 rings (SSSR count). The Kier molecular flexibility index (Phi) is 8.35. The quantitative estimate of drug-likeness (QED) is 0.723. The van der Waals surface area contributed by atoms with E-state index in [2.05, 4.69) is 59.4 Å². The lowest BCUT2D eigenvalue weighted by Crippen LogP contribution is -2.33. The molecule has 3 heteroatoms. The lowest BCUT2D eigenvalue weighted by molar-refractivity contribution is 0.245. The molecule has 0 aliphatic carbocycles. The van der Waals surface area contributed by atoms with Crippen LogP contribution in [0.1, 0.15) is 38.7 Å². The maximum absolute atomic E-state index is 9.06. The molecule has 0 bridgehead atoms. The summed E-state index contributed by atoms with van der Waals surface area (Å²) in [4.78, 5) is 0. The van der Waals surface area contributed by atoms with Crippen LogP contribution in [0.15, 0.2) is 28.7 Å². The molecule has 2 unspecified atom stereocenters. The van der Waals surface area contributed by atoms with Crippen molar-refractivity contribution in [1.29, 1.82) is 0 Å². The molecule has 0 heterocycles. The number of hydrogen-bond acceptors (Lipinski definition) is 2. The number of nitrogens with one attached hydrogen (secondary N) is 1. The molecule has 0 aromatic heterocycles. The number of aliphatic hydroxyl groups excluding tert-OH is 1. The summed E-state index contributed by atoms with van der Waals surface area (Å²) in [5.74, 6) is 0.599. The Balaban J connectivity index is 2.33. The summed E-state index contributed by atoms with van der Waals surface area (Å²) in [6.07, 6.45) is 4.34. The second-order valence-electron chi connectivity index (χ2n) is 5.31. The summed E-state index contributed by atoms with van der Waals surface area (Å²) in [5.41, 5.74) is 1.36. The van der Waals surface area contributed by atoms with Crippen LogP contribution in [0.5, 0.6) is 0 Å². The fourth-order valence-electron chi connectivity index (χ4n) is 2.35. The van der Waals surface area contributed by atoms with E-state index in [1.54, 1.807) is 0 Å². The maximum atomic E-state index is 9.06. The van der Waals surface area contributed by atoms with Gasteiger partial charge >= 0.3 is 0 Å². The number of halogens is 1. The van der Waals surface area contributed by atoms with Gasteiger partial charge in [0.15, 0.2) is 0 Å². The first-order valence-corrected chi connectivity index (χ1v) is 8.03. The lowest BCUT2D eigenvalue weighted by Gasteiger charge is -2.20. The molecule has 0 radical (unpaired) electrons. The molecule has 2 atom stereocenters. The Labute approximate surface area is 125 Å². The minimum absolute atomic E-state index is 0.299. The predicted octanol–water partition coefficient (Wildman–Crippen LogP) is 3.77. The molecule has 0 spiro atoms. The molecule has 0 amide bonds. The highest BCUT2D eigenvalue weighted by Gasteiger charge is 2.09. The van der Waals surface area contributed by atoms with Gasteiger partial charge in [0.05, 0.1) is 0 Å². The fourth-order valence-corrected chi connectivity index (χ4v) is 2.62. The summed E-state index contributed by atoms with van der Waals surface area (Å²) < 4.78 is 1.13. The van der Waals surface area contributed by atoms with Gasteiger partial charge < -0.3 is 10.4 Å². The Morgan fingerprint density at radius 1 is 1.21 bits per heavy atom. The van der Waals surface area contributed by atoms with Crippen molar-refractivity contribution in [3.63, 3.8) is 0 Å². The molecule has 0 aliphatic heterocycles. The fraction of sp³-hybridized carbons (Fsp3) is 0.625. The zero-order valence-electron chi connectivity index (χ0n) is 12.0. The highest BCUT2D eigenvalue weighted by Crippen LogP contribution is 2.13. The maximum Gasteiger partial charge on any atom is 0.0434 e. The van der Waals surface area contributed by atoms with Gasteiger partial charge in [-0.2, -0.15) is 0 Å². The van der Waals surface area contributed by atoms with Crippen molar-refractivity contribution >= 4 is 15.9 Å². The zero-order valence-corrected chi connectivity index (χ0v) is 13.6. The van der Waals surface area contributed by atoms with Crippen LogP contribution in [-0.2, 0) is 6.42 Å². The van der Waals surface area contributed by atoms with Crippen molar-refractivity contribution < 1.29 is 5.11 Å². The molecule has 1 aromatic rings. The van der Waals surface area contributed by atoms with Crippen LogP contribution < -0.4 is 5.32 Å². The first-order valence-electron chi connectivity index (χ1n) is 7.24. The van der Waals surface area contributed by atoms with Crippen molar-refractivity contribution in [2.45, 2.75) is 45.6 Å². The van der Waals surface area contributed by atoms with Crippen LogP contribution in [0.4, 0.5) is 0 Å². The molecule has 108 valence electrons. The minimum atomic E-state index is 0.299. The van der Waals surface area contributed by atoms with Gasteiger partial charge in [-0.15, -0.1) is 0 Å². The molecule has 2 nitrogen and oxygen atoms in total. The van der Waals surface area contributed by atoms with Crippen LogP contribution in [0.2, 0.25) is 0 Å². The van der Waals surface area contributed by atoms with E-state index in [1.165, 1.54) is 18.4 Å². The summed E-state index contributed by atoms with van der Waals surface area (Å²) >= 11 is 3.46. The first-order chi connectivity index (χ1) is 9.15. The van der Waals surface area contributed by atoms with Gasteiger partial charge in [-0.25, -0.2) is 0 Å². The van der Waals surface area contributed by atoms with Gasteiger partial charge in [0.25, 0.3) is 0 Å². The Morgan fingerprint density at radius 2 is 1.89 bits per heavy atom. The third-order valence-corrected chi connectivity index (χ3v) is 3.97. The van der Waals surface area contributed by atoms with Crippen LogP contribution in [0.25, 0.3) is 0 Å². The molecular weight excluding hydrogens is 302 g/mol. The number of aliphatic hydroxyl groups is 1. The molecule has 1 aromatic carbocycles. The average molecular weight is 328 g/mol. The van der Waals surface area contributed by atoms with Crippen molar-refractivity contribution in [2.24, 2.45) is 5.92 Å². The Morgan fingerprint density at radius 3 is 2.47 bits per heavy atom. The smallest absolute Gasteiger partial charge is 0.0434 e. The van der Waals surface area contributed by atoms with Gasteiger partial charge in [0, 0.05) is 17.1 Å². The van der Waals surface area contributed by atoms with E-state index >= 15 is 0 Å². The average Bonchev–Trinajstić information content (AvgIpc) is 2.39. The summed E-state index contributed by atoms with van der Waals surface area (Å²) in [5, 5.41) is 12.7.